The summed E-state index contributed by atoms with van der Waals surface area (Å²) in [7, 11) is 0. The van der Waals surface area contributed by atoms with Crippen LogP contribution in [0.3, 0.4) is 0 Å². The highest BCUT2D eigenvalue weighted by Crippen LogP contribution is 2.23. The van der Waals surface area contributed by atoms with E-state index >= 15 is 0 Å². The van der Waals surface area contributed by atoms with Crippen molar-refractivity contribution in [2.75, 3.05) is 5.73 Å². The van der Waals surface area contributed by atoms with E-state index in [2.05, 4.69) is 0 Å². The van der Waals surface area contributed by atoms with Crippen LogP contribution in [0.1, 0.15) is 16.1 Å². The number of hydrogen-bond donors (Lipinski definition) is 2. The lowest BCUT2D eigenvalue weighted by Crippen LogP contribution is -2.03. The highest BCUT2D eigenvalue weighted by Gasteiger charge is 2.11. The third-order valence-electron chi connectivity index (χ3n) is 2.19. The van der Waals surface area contributed by atoms with Gasteiger partial charge in [0.15, 0.2) is 0 Å². The van der Waals surface area contributed by atoms with E-state index in [1.807, 2.05) is 0 Å². The summed E-state index contributed by atoms with van der Waals surface area (Å²) in [5.74, 6) is -0.211. The molecule has 88 valence electrons. The first-order chi connectivity index (χ1) is 8.16. The van der Waals surface area contributed by atoms with Crippen molar-refractivity contribution in [3.8, 4) is 5.75 Å². The number of nitrogen functional groups attached to an aromatic ring is 1. The Morgan fingerprint density at radius 2 is 2.24 bits per heavy atom. The van der Waals surface area contributed by atoms with Gasteiger partial charge in [-0.25, -0.2) is 4.79 Å². The second kappa shape index (κ2) is 4.61. The van der Waals surface area contributed by atoms with Crippen LogP contribution in [-0.2, 0) is 6.61 Å². The molecule has 0 aliphatic carbocycles. The normalized spacial score (nSPS) is 10.1. The van der Waals surface area contributed by atoms with E-state index < -0.39 is 5.97 Å². The van der Waals surface area contributed by atoms with E-state index in [9.17, 15) is 4.79 Å². The molecule has 0 fully saturated rings. The molecule has 0 aliphatic heterocycles. The second-order valence-electron chi connectivity index (χ2n) is 3.43. The van der Waals surface area contributed by atoms with Crippen LogP contribution in [0.2, 0.25) is 0 Å². The van der Waals surface area contributed by atoms with E-state index in [0.717, 1.165) is 0 Å². The minimum Gasteiger partial charge on any atom is -0.485 e. The second-order valence-corrected chi connectivity index (χ2v) is 3.43. The number of rotatable bonds is 4. The zero-order chi connectivity index (χ0) is 12.3. The average Bonchev–Trinajstić information content (AvgIpc) is 2.78. The van der Waals surface area contributed by atoms with Crippen LogP contribution < -0.4 is 10.5 Å². The van der Waals surface area contributed by atoms with Gasteiger partial charge >= 0.3 is 5.97 Å². The minimum absolute atomic E-state index is 0.0748. The topological polar surface area (TPSA) is 85.7 Å². The Morgan fingerprint density at radius 1 is 1.41 bits per heavy atom. The average molecular weight is 233 g/mol. The summed E-state index contributed by atoms with van der Waals surface area (Å²) >= 11 is 0. The molecule has 17 heavy (non-hydrogen) atoms. The van der Waals surface area contributed by atoms with Crippen LogP contribution >= 0.6 is 0 Å². The van der Waals surface area contributed by atoms with E-state index in [1.54, 1.807) is 12.1 Å². The molecule has 5 nitrogen and oxygen atoms in total. The molecule has 0 unspecified atom stereocenters. The SMILES string of the molecule is Nc1ccc(C(=O)O)c(OCc2ccco2)c1. The summed E-state index contributed by atoms with van der Waals surface area (Å²) in [6.45, 7) is 0.163. The zero-order valence-electron chi connectivity index (χ0n) is 8.92. The maximum Gasteiger partial charge on any atom is 0.339 e. The number of nitrogens with two attached hydrogens (primary N) is 1. The third-order valence-corrected chi connectivity index (χ3v) is 2.19. The van der Waals surface area contributed by atoms with Gasteiger partial charge in [-0.15, -0.1) is 0 Å². The van der Waals surface area contributed by atoms with Crippen LogP contribution in [0, 0.1) is 0 Å². The largest absolute Gasteiger partial charge is 0.485 e. The van der Waals surface area contributed by atoms with Crippen molar-refractivity contribution < 1.29 is 19.1 Å². The third kappa shape index (κ3) is 2.57. The lowest BCUT2D eigenvalue weighted by Gasteiger charge is -2.08. The molecule has 0 amide bonds. The van der Waals surface area contributed by atoms with Crippen molar-refractivity contribution >= 4 is 11.7 Å². The highest BCUT2D eigenvalue weighted by molar-refractivity contribution is 5.91. The predicted octanol–water partition coefficient (Wildman–Crippen LogP) is 2.14. The molecular weight excluding hydrogens is 222 g/mol. The maximum atomic E-state index is 11.0. The summed E-state index contributed by atoms with van der Waals surface area (Å²) in [6.07, 6.45) is 1.52. The van der Waals surface area contributed by atoms with Gasteiger partial charge in [-0.05, 0) is 24.3 Å². The van der Waals surface area contributed by atoms with Gasteiger partial charge in [0.2, 0.25) is 0 Å². The summed E-state index contributed by atoms with van der Waals surface area (Å²) in [6, 6.07) is 7.88. The Labute approximate surface area is 97.4 Å². The summed E-state index contributed by atoms with van der Waals surface area (Å²) < 4.78 is 10.5. The van der Waals surface area contributed by atoms with Gasteiger partial charge in [0.1, 0.15) is 23.7 Å². The Hall–Kier alpha value is -2.43. The number of carbonyl (C=O) groups is 1. The van der Waals surface area contributed by atoms with Gasteiger partial charge in [-0.3, -0.25) is 0 Å². The van der Waals surface area contributed by atoms with Crippen molar-refractivity contribution in [3.05, 3.63) is 47.9 Å². The first-order valence-corrected chi connectivity index (χ1v) is 4.95. The van der Waals surface area contributed by atoms with Gasteiger partial charge in [-0.2, -0.15) is 0 Å². The number of carboxylic acids is 1. The molecule has 0 atom stereocenters. The van der Waals surface area contributed by atoms with Crippen molar-refractivity contribution in [2.24, 2.45) is 0 Å². The number of anilines is 1. The van der Waals surface area contributed by atoms with E-state index in [4.69, 9.17) is 20.0 Å². The van der Waals surface area contributed by atoms with Crippen LogP contribution in [0.25, 0.3) is 0 Å². The number of ether oxygens (including phenoxy) is 1. The van der Waals surface area contributed by atoms with Crippen molar-refractivity contribution in [1.29, 1.82) is 0 Å². The highest BCUT2D eigenvalue weighted by atomic mass is 16.5. The van der Waals surface area contributed by atoms with Gasteiger partial charge in [-0.1, -0.05) is 0 Å². The lowest BCUT2D eigenvalue weighted by atomic mass is 10.2. The Bertz CT molecular complexity index is 519. The summed E-state index contributed by atoms with van der Waals surface area (Å²) in [5, 5.41) is 8.97. The van der Waals surface area contributed by atoms with Gasteiger partial charge in [0.05, 0.1) is 6.26 Å². The first-order valence-electron chi connectivity index (χ1n) is 4.95. The van der Waals surface area contributed by atoms with Crippen LogP contribution in [0.5, 0.6) is 5.75 Å². The smallest absolute Gasteiger partial charge is 0.339 e. The fourth-order valence-corrected chi connectivity index (χ4v) is 1.38. The molecule has 0 aliphatic rings. The fraction of sp³-hybridized carbons (Fsp3) is 0.0833. The van der Waals surface area contributed by atoms with Gasteiger partial charge in [0, 0.05) is 11.8 Å². The zero-order valence-corrected chi connectivity index (χ0v) is 8.92. The molecule has 2 aromatic rings. The summed E-state index contributed by atoms with van der Waals surface area (Å²) in [4.78, 5) is 11.0. The number of carboxylic acid groups (broad SMARTS) is 1. The molecule has 5 heteroatoms. The molecule has 0 spiro atoms. The number of hydrogen-bond acceptors (Lipinski definition) is 4. The van der Waals surface area contributed by atoms with Crippen molar-refractivity contribution in [1.82, 2.24) is 0 Å². The minimum atomic E-state index is -1.06. The Kier molecular flexibility index (Phi) is 3.00. The molecule has 0 radical (unpaired) electrons. The molecule has 3 N–H and O–H groups in total. The Morgan fingerprint density at radius 3 is 2.88 bits per heavy atom. The van der Waals surface area contributed by atoms with E-state index in [1.165, 1.54) is 24.5 Å². The van der Waals surface area contributed by atoms with Gasteiger partial charge < -0.3 is 20.0 Å². The molecule has 1 heterocycles. The number of furan rings is 1. The van der Waals surface area contributed by atoms with Crippen LogP contribution in [-0.4, -0.2) is 11.1 Å². The molecule has 0 saturated carbocycles. The monoisotopic (exact) mass is 233 g/mol. The summed E-state index contributed by atoms with van der Waals surface area (Å²) in [5.41, 5.74) is 6.10. The Balaban J connectivity index is 2.19. The van der Waals surface area contributed by atoms with Crippen LogP contribution in [0.4, 0.5) is 5.69 Å². The van der Waals surface area contributed by atoms with Crippen molar-refractivity contribution in [2.45, 2.75) is 6.61 Å². The molecule has 0 bridgehead atoms. The van der Waals surface area contributed by atoms with E-state index in [0.29, 0.717) is 11.4 Å². The number of aromatic carboxylic acids is 1. The lowest BCUT2D eigenvalue weighted by molar-refractivity contribution is 0.0691. The van der Waals surface area contributed by atoms with Gasteiger partial charge in [0.25, 0.3) is 0 Å². The predicted molar refractivity (Wildman–Crippen MR) is 60.9 cm³/mol. The molecule has 2 rings (SSSR count). The maximum absolute atomic E-state index is 11.0. The van der Waals surface area contributed by atoms with E-state index in [-0.39, 0.29) is 17.9 Å². The molecule has 1 aromatic heterocycles. The standard InChI is InChI=1S/C12H11NO4/c13-8-3-4-10(12(14)15)11(6-8)17-7-9-2-1-5-16-9/h1-6H,7,13H2,(H,14,15). The first kappa shape index (κ1) is 11.1. The molecule has 1 aromatic carbocycles. The quantitative estimate of drug-likeness (QED) is 0.790. The van der Waals surface area contributed by atoms with Crippen LogP contribution in [0.15, 0.2) is 41.0 Å². The molecular formula is C12H11NO4. The number of benzene rings is 1. The van der Waals surface area contributed by atoms with Crippen molar-refractivity contribution in [3.63, 3.8) is 0 Å². The molecule has 0 saturated heterocycles. The fourth-order valence-electron chi connectivity index (χ4n) is 1.38.